The molecule has 174 valence electrons. The molecule has 3 saturated heterocycles. The van der Waals surface area contributed by atoms with Crippen molar-refractivity contribution in [2.24, 2.45) is 11.8 Å². The minimum absolute atomic E-state index is 0.0209. The van der Waals surface area contributed by atoms with E-state index in [-0.39, 0.29) is 23.7 Å². The molecule has 0 unspecified atom stereocenters. The standard InChI is InChI=1S/C27H33N3O3/c31-25(28-14-3-4-15-28)21-10-16-29(17-11-21)26(32)22-12-18-30(19-13-22)27(33)24-9-5-7-20-6-1-2-8-23(20)24/h1-2,5-9,21-22H,3-4,10-19H2. The van der Waals surface area contributed by atoms with Crippen LogP contribution >= 0.6 is 0 Å². The molecule has 0 radical (unpaired) electrons. The average Bonchev–Trinajstić information content (AvgIpc) is 3.42. The Bertz CT molecular complexity index is 1020. The molecular weight excluding hydrogens is 414 g/mol. The Morgan fingerprint density at radius 3 is 1.76 bits per heavy atom. The Morgan fingerprint density at radius 2 is 1.12 bits per heavy atom. The number of nitrogens with zero attached hydrogens (tertiary/aromatic N) is 3. The van der Waals surface area contributed by atoms with E-state index in [4.69, 9.17) is 0 Å². The fraction of sp³-hybridized carbons (Fsp3) is 0.519. The van der Waals surface area contributed by atoms with E-state index in [1.165, 1.54) is 0 Å². The van der Waals surface area contributed by atoms with Gasteiger partial charge in [-0.3, -0.25) is 14.4 Å². The molecule has 0 spiro atoms. The molecule has 3 heterocycles. The summed E-state index contributed by atoms with van der Waals surface area (Å²) in [6, 6.07) is 13.8. The van der Waals surface area contributed by atoms with Crippen molar-refractivity contribution in [3.63, 3.8) is 0 Å². The molecule has 3 amide bonds. The summed E-state index contributed by atoms with van der Waals surface area (Å²) in [6.07, 6.45) is 5.21. The number of piperidine rings is 2. The van der Waals surface area contributed by atoms with Gasteiger partial charge in [-0.05, 0) is 55.4 Å². The van der Waals surface area contributed by atoms with Gasteiger partial charge in [-0.15, -0.1) is 0 Å². The fourth-order valence-electron chi connectivity index (χ4n) is 5.71. The Morgan fingerprint density at radius 1 is 0.606 bits per heavy atom. The van der Waals surface area contributed by atoms with Gasteiger partial charge in [0.15, 0.2) is 0 Å². The van der Waals surface area contributed by atoms with Crippen LogP contribution in [-0.2, 0) is 9.59 Å². The van der Waals surface area contributed by atoms with Gasteiger partial charge in [-0.1, -0.05) is 36.4 Å². The van der Waals surface area contributed by atoms with Gasteiger partial charge < -0.3 is 14.7 Å². The highest BCUT2D eigenvalue weighted by Crippen LogP contribution is 2.27. The van der Waals surface area contributed by atoms with Crippen molar-refractivity contribution in [3.8, 4) is 0 Å². The van der Waals surface area contributed by atoms with E-state index in [2.05, 4.69) is 0 Å². The van der Waals surface area contributed by atoms with E-state index < -0.39 is 0 Å². The summed E-state index contributed by atoms with van der Waals surface area (Å²) in [7, 11) is 0. The van der Waals surface area contributed by atoms with Crippen LogP contribution in [0.25, 0.3) is 10.8 Å². The van der Waals surface area contributed by atoms with Crippen LogP contribution < -0.4 is 0 Å². The third-order valence-corrected chi connectivity index (χ3v) is 7.73. The highest BCUT2D eigenvalue weighted by molar-refractivity contribution is 6.07. The zero-order valence-corrected chi connectivity index (χ0v) is 19.2. The van der Waals surface area contributed by atoms with Crippen molar-refractivity contribution in [3.05, 3.63) is 48.0 Å². The van der Waals surface area contributed by atoms with E-state index >= 15 is 0 Å². The topological polar surface area (TPSA) is 60.9 Å². The number of likely N-dealkylation sites (tertiary alicyclic amines) is 3. The first kappa shape index (κ1) is 21.9. The van der Waals surface area contributed by atoms with Crippen LogP contribution in [0.3, 0.4) is 0 Å². The van der Waals surface area contributed by atoms with Crippen LogP contribution in [-0.4, -0.2) is 71.7 Å². The SMILES string of the molecule is O=C(c1cccc2ccccc12)N1CCC(C(=O)N2CCC(C(=O)N3CCCC3)CC2)CC1. The molecule has 0 aromatic heterocycles. The van der Waals surface area contributed by atoms with Crippen molar-refractivity contribution in [1.82, 2.24) is 14.7 Å². The van der Waals surface area contributed by atoms with Crippen LogP contribution in [0.1, 0.15) is 48.9 Å². The Hall–Kier alpha value is -2.89. The zero-order chi connectivity index (χ0) is 22.8. The van der Waals surface area contributed by atoms with Crippen LogP contribution in [0, 0.1) is 11.8 Å². The monoisotopic (exact) mass is 447 g/mol. The van der Waals surface area contributed by atoms with E-state index in [1.807, 2.05) is 57.2 Å². The molecule has 5 rings (SSSR count). The minimum atomic E-state index is -0.0209. The second kappa shape index (κ2) is 9.54. The lowest BCUT2D eigenvalue weighted by Gasteiger charge is -2.37. The molecule has 3 aliphatic heterocycles. The smallest absolute Gasteiger partial charge is 0.254 e. The lowest BCUT2D eigenvalue weighted by atomic mass is 9.91. The fourth-order valence-corrected chi connectivity index (χ4v) is 5.71. The van der Waals surface area contributed by atoms with E-state index in [1.54, 1.807) is 0 Å². The second-order valence-corrected chi connectivity index (χ2v) is 9.73. The molecule has 6 heteroatoms. The first-order chi connectivity index (χ1) is 16.1. The van der Waals surface area contributed by atoms with Gasteiger partial charge in [-0.2, -0.15) is 0 Å². The molecular formula is C27H33N3O3. The molecule has 2 aromatic carbocycles. The van der Waals surface area contributed by atoms with Crippen molar-refractivity contribution in [2.75, 3.05) is 39.3 Å². The predicted octanol–water partition coefficient (Wildman–Crippen LogP) is 3.55. The van der Waals surface area contributed by atoms with Crippen molar-refractivity contribution >= 4 is 28.5 Å². The van der Waals surface area contributed by atoms with Crippen molar-refractivity contribution in [1.29, 1.82) is 0 Å². The minimum Gasteiger partial charge on any atom is -0.342 e. The maximum Gasteiger partial charge on any atom is 0.254 e. The van der Waals surface area contributed by atoms with Crippen LogP contribution in [0.5, 0.6) is 0 Å². The number of amides is 3. The Kier molecular flexibility index (Phi) is 6.34. The molecule has 3 fully saturated rings. The van der Waals surface area contributed by atoms with Gasteiger partial charge >= 0.3 is 0 Å². The van der Waals surface area contributed by atoms with Gasteiger partial charge in [0.1, 0.15) is 0 Å². The van der Waals surface area contributed by atoms with Crippen LogP contribution in [0.4, 0.5) is 0 Å². The maximum absolute atomic E-state index is 13.2. The number of carbonyl (C=O) groups is 3. The van der Waals surface area contributed by atoms with Crippen molar-refractivity contribution in [2.45, 2.75) is 38.5 Å². The summed E-state index contributed by atoms with van der Waals surface area (Å²) < 4.78 is 0. The third-order valence-electron chi connectivity index (χ3n) is 7.73. The summed E-state index contributed by atoms with van der Waals surface area (Å²) in [5.74, 6) is 0.609. The molecule has 0 atom stereocenters. The quantitative estimate of drug-likeness (QED) is 0.723. The van der Waals surface area contributed by atoms with E-state index in [0.29, 0.717) is 44.9 Å². The molecule has 3 aliphatic rings. The Balaban J connectivity index is 1.14. The molecule has 0 N–H and O–H groups in total. The molecule has 0 saturated carbocycles. The molecule has 33 heavy (non-hydrogen) atoms. The van der Waals surface area contributed by atoms with Crippen LogP contribution in [0.2, 0.25) is 0 Å². The molecule has 2 aromatic rings. The third kappa shape index (κ3) is 4.48. The maximum atomic E-state index is 13.2. The molecule has 6 nitrogen and oxygen atoms in total. The van der Waals surface area contributed by atoms with Crippen LogP contribution in [0.15, 0.2) is 42.5 Å². The average molecular weight is 448 g/mol. The number of rotatable bonds is 3. The summed E-state index contributed by atoms with van der Waals surface area (Å²) >= 11 is 0. The highest BCUT2D eigenvalue weighted by atomic mass is 16.2. The predicted molar refractivity (Wildman–Crippen MR) is 128 cm³/mol. The number of benzene rings is 2. The number of hydrogen-bond donors (Lipinski definition) is 0. The molecule has 0 bridgehead atoms. The van der Waals surface area contributed by atoms with Gasteiger partial charge in [0, 0.05) is 56.7 Å². The summed E-state index contributed by atoms with van der Waals surface area (Å²) in [4.78, 5) is 44.9. The number of hydrogen-bond acceptors (Lipinski definition) is 3. The largest absolute Gasteiger partial charge is 0.342 e. The second-order valence-electron chi connectivity index (χ2n) is 9.73. The highest BCUT2D eigenvalue weighted by Gasteiger charge is 2.35. The number of fused-ring (bicyclic) bond motifs is 1. The summed E-state index contributed by atoms with van der Waals surface area (Å²) in [5, 5.41) is 2.05. The van der Waals surface area contributed by atoms with Gasteiger partial charge in [0.2, 0.25) is 11.8 Å². The molecule has 0 aliphatic carbocycles. The summed E-state index contributed by atoms with van der Waals surface area (Å²) in [6.45, 7) is 4.38. The van der Waals surface area contributed by atoms with Crippen molar-refractivity contribution < 1.29 is 14.4 Å². The zero-order valence-electron chi connectivity index (χ0n) is 19.2. The first-order valence-corrected chi connectivity index (χ1v) is 12.5. The van der Waals surface area contributed by atoms with E-state index in [9.17, 15) is 14.4 Å². The normalized spacial score (nSPS) is 20.4. The summed E-state index contributed by atoms with van der Waals surface area (Å²) in [5.41, 5.74) is 0.739. The number of carbonyl (C=O) groups excluding carboxylic acids is 3. The Labute approximate surface area is 195 Å². The van der Waals surface area contributed by atoms with Gasteiger partial charge in [0.05, 0.1) is 0 Å². The van der Waals surface area contributed by atoms with E-state index in [0.717, 1.165) is 55.1 Å². The first-order valence-electron chi connectivity index (χ1n) is 12.5. The van der Waals surface area contributed by atoms with Gasteiger partial charge in [-0.25, -0.2) is 0 Å². The van der Waals surface area contributed by atoms with Gasteiger partial charge in [0.25, 0.3) is 5.91 Å². The lowest BCUT2D eigenvalue weighted by Crippen LogP contribution is -2.48. The lowest BCUT2D eigenvalue weighted by molar-refractivity contribution is -0.142.